The fourth-order valence-corrected chi connectivity index (χ4v) is 2.55. The van der Waals surface area contributed by atoms with E-state index in [-0.39, 0.29) is 5.91 Å². The van der Waals surface area contributed by atoms with Crippen molar-refractivity contribution in [3.63, 3.8) is 0 Å². The first-order valence-corrected chi connectivity index (χ1v) is 7.10. The van der Waals surface area contributed by atoms with E-state index in [0.29, 0.717) is 17.0 Å². The molecule has 5 nitrogen and oxygen atoms in total. The molecule has 0 saturated carbocycles. The monoisotopic (exact) mass is 378 g/mol. The molecule has 3 rings (SSSR count). The van der Waals surface area contributed by atoms with Crippen LogP contribution in [0, 0.1) is 10.5 Å². The number of anilines is 1. The molecule has 0 aliphatic rings. The van der Waals surface area contributed by atoms with Gasteiger partial charge in [0.2, 0.25) is 0 Å². The molecule has 20 heavy (non-hydrogen) atoms. The third kappa shape index (κ3) is 2.38. The topological polar surface area (TPSA) is 70.7 Å². The standard InChI is InChI=1S/C14H11IN4O/c1-8-6-7-10-12(16-8)18-19-13(10)17-14(20)9-4-2-3-5-11(9)15/h2-7H,1H3,(H2,16,17,18,19,20). The van der Waals surface area contributed by atoms with E-state index in [1.807, 2.05) is 37.3 Å². The summed E-state index contributed by atoms with van der Waals surface area (Å²) < 4.78 is 0.899. The van der Waals surface area contributed by atoms with Gasteiger partial charge in [0.15, 0.2) is 11.5 Å². The third-order valence-electron chi connectivity index (χ3n) is 2.91. The number of halogens is 1. The molecule has 0 unspecified atom stereocenters. The van der Waals surface area contributed by atoms with Crippen molar-refractivity contribution in [2.75, 3.05) is 5.32 Å². The van der Waals surface area contributed by atoms with Crippen LogP contribution in [0.2, 0.25) is 0 Å². The fraction of sp³-hybridized carbons (Fsp3) is 0.0714. The van der Waals surface area contributed by atoms with Gasteiger partial charge in [-0.2, -0.15) is 5.10 Å². The van der Waals surface area contributed by atoms with Gasteiger partial charge < -0.3 is 5.32 Å². The molecule has 0 fully saturated rings. The van der Waals surface area contributed by atoms with Crippen LogP contribution in [0.4, 0.5) is 5.82 Å². The van der Waals surface area contributed by atoms with Gasteiger partial charge >= 0.3 is 0 Å². The van der Waals surface area contributed by atoms with E-state index in [4.69, 9.17) is 0 Å². The lowest BCUT2D eigenvalue weighted by molar-refractivity contribution is 0.102. The molecule has 3 aromatic rings. The Bertz CT molecular complexity index is 797. The van der Waals surface area contributed by atoms with Crippen molar-refractivity contribution in [1.82, 2.24) is 15.2 Å². The molecule has 1 amide bonds. The second-order valence-corrected chi connectivity index (χ2v) is 5.52. The number of hydrogen-bond acceptors (Lipinski definition) is 3. The molecular weight excluding hydrogens is 367 g/mol. The molecule has 2 aromatic heterocycles. The van der Waals surface area contributed by atoms with Gasteiger partial charge in [-0.15, -0.1) is 0 Å². The average Bonchev–Trinajstić information content (AvgIpc) is 2.81. The Hall–Kier alpha value is -1.96. The van der Waals surface area contributed by atoms with E-state index in [2.05, 4.69) is 43.1 Å². The van der Waals surface area contributed by atoms with Gasteiger partial charge in [0.1, 0.15) is 0 Å². The average molecular weight is 378 g/mol. The lowest BCUT2D eigenvalue weighted by Crippen LogP contribution is -2.13. The Morgan fingerprint density at radius 1 is 1.25 bits per heavy atom. The van der Waals surface area contributed by atoms with Crippen LogP contribution in [0.1, 0.15) is 16.1 Å². The number of hydrogen-bond donors (Lipinski definition) is 2. The summed E-state index contributed by atoms with van der Waals surface area (Å²) in [6.07, 6.45) is 0. The lowest BCUT2D eigenvalue weighted by Gasteiger charge is -2.04. The number of aryl methyl sites for hydroxylation is 1. The van der Waals surface area contributed by atoms with Crippen LogP contribution in [-0.2, 0) is 0 Å². The van der Waals surface area contributed by atoms with Gasteiger partial charge in [0.25, 0.3) is 5.91 Å². The van der Waals surface area contributed by atoms with Crippen molar-refractivity contribution in [1.29, 1.82) is 0 Å². The number of aromatic amines is 1. The highest BCUT2D eigenvalue weighted by Gasteiger charge is 2.13. The smallest absolute Gasteiger partial charge is 0.257 e. The van der Waals surface area contributed by atoms with Crippen molar-refractivity contribution in [2.45, 2.75) is 6.92 Å². The van der Waals surface area contributed by atoms with E-state index < -0.39 is 0 Å². The van der Waals surface area contributed by atoms with Crippen LogP contribution >= 0.6 is 22.6 Å². The van der Waals surface area contributed by atoms with Gasteiger partial charge in [-0.1, -0.05) is 12.1 Å². The molecule has 2 N–H and O–H groups in total. The summed E-state index contributed by atoms with van der Waals surface area (Å²) in [5.74, 6) is 0.320. The minimum atomic E-state index is -0.177. The largest absolute Gasteiger partial charge is 0.304 e. The van der Waals surface area contributed by atoms with E-state index in [1.165, 1.54) is 0 Å². The summed E-state index contributed by atoms with van der Waals surface area (Å²) in [5, 5.41) is 10.5. The van der Waals surface area contributed by atoms with Gasteiger partial charge in [0.05, 0.1) is 10.9 Å². The molecule has 0 spiro atoms. The zero-order valence-corrected chi connectivity index (χ0v) is 12.8. The summed E-state index contributed by atoms with van der Waals surface area (Å²) in [5.41, 5.74) is 2.20. The number of carbonyl (C=O) groups excluding carboxylic acids is 1. The van der Waals surface area contributed by atoms with E-state index in [0.717, 1.165) is 14.7 Å². The summed E-state index contributed by atoms with van der Waals surface area (Å²) >= 11 is 2.14. The predicted molar refractivity (Wildman–Crippen MR) is 85.7 cm³/mol. The molecule has 1 aromatic carbocycles. The predicted octanol–water partition coefficient (Wildman–Crippen LogP) is 3.12. The van der Waals surface area contributed by atoms with Crippen LogP contribution in [0.3, 0.4) is 0 Å². The van der Waals surface area contributed by atoms with Crippen LogP contribution in [0.5, 0.6) is 0 Å². The first-order valence-electron chi connectivity index (χ1n) is 6.03. The number of fused-ring (bicyclic) bond motifs is 1. The van der Waals surface area contributed by atoms with Crippen LogP contribution < -0.4 is 5.32 Å². The first kappa shape index (κ1) is 13.0. The SMILES string of the molecule is Cc1ccc2c(NC(=O)c3ccccc3I)n[nH]c2n1. The highest BCUT2D eigenvalue weighted by atomic mass is 127. The summed E-state index contributed by atoms with van der Waals surface area (Å²) in [6, 6.07) is 11.2. The zero-order chi connectivity index (χ0) is 14.1. The molecule has 0 aliphatic carbocycles. The summed E-state index contributed by atoms with van der Waals surface area (Å²) in [6.45, 7) is 1.91. The molecule has 0 aliphatic heterocycles. The first-order chi connectivity index (χ1) is 9.65. The van der Waals surface area contributed by atoms with Crippen LogP contribution in [-0.4, -0.2) is 21.1 Å². The van der Waals surface area contributed by atoms with E-state index in [1.54, 1.807) is 6.07 Å². The quantitative estimate of drug-likeness (QED) is 0.674. The highest BCUT2D eigenvalue weighted by Crippen LogP contribution is 2.20. The number of carbonyl (C=O) groups is 1. The number of nitrogens with zero attached hydrogens (tertiary/aromatic N) is 2. The van der Waals surface area contributed by atoms with Gasteiger partial charge in [-0.25, -0.2) is 4.98 Å². The van der Waals surface area contributed by atoms with Crippen molar-refractivity contribution >= 4 is 45.3 Å². The van der Waals surface area contributed by atoms with Crippen molar-refractivity contribution in [3.05, 3.63) is 51.2 Å². The maximum atomic E-state index is 12.3. The molecule has 100 valence electrons. The summed E-state index contributed by atoms with van der Waals surface area (Å²) in [4.78, 5) is 16.6. The summed E-state index contributed by atoms with van der Waals surface area (Å²) in [7, 11) is 0. The van der Waals surface area contributed by atoms with Crippen molar-refractivity contribution in [2.24, 2.45) is 0 Å². The molecule has 0 radical (unpaired) electrons. The van der Waals surface area contributed by atoms with Gasteiger partial charge in [-0.3, -0.25) is 9.89 Å². The molecule has 0 atom stereocenters. The maximum Gasteiger partial charge on any atom is 0.257 e. The number of amides is 1. The van der Waals surface area contributed by atoms with Crippen LogP contribution in [0.15, 0.2) is 36.4 Å². The Morgan fingerprint density at radius 3 is 2.85 bits per heavy atom. The highest BCUT2D eigenvalue weighted by molar-refractivity contribution is 14.1. The number of rotatable bonds is 2. The van der Waals surface area contributed by atoms with Gasteiger partial charge in [0, 0.05) is 9.26 Å². The Kier molecular flexibility index (Phi) is 3.39. The van der Waals surface area contributed by atoms with Crippen molar-refractivity contribution in [3.8, 4) is 0 Å². The zero-order valence-electron chi connectivity index (χ0n) is 10.6. The molecule has 2 heterocycles. The van der Waals surface area contributed by atoms with Crippen LogP contribution in [0.25, 0.3) is 11.0 Å². The molecule has 6 heteroatoms. The number of pyridine rings is 1. The normalized spacial score (nSPS) is 10.7. The van der Waals surface area contributed by atoms with E-state index in [9.17, 15) is 4.79 Å². The fourth-order valence-electron chi connectivity index (χ4n) is 1.92. The Labute approximate surface area is 128 Å². The maximum absolute atomic E-state index is 12.3. The minimum Gasteiger partial charge on any atom is -0.304 e. The molecule has 0 bridgehead atoms. The minimum absolute atomic E-state index is 0.177. The number of nitrogens with one attached hydrogen (secondary N) is 2. The Morgan fingerprint density at radius 2 is 2.05 bits per heavy atom. The molecular formula is C14H11IN4O. The second-order valence-electron chi connectivity index (χ2n) is 4.35. The Balaban J connectivity index is 1.94. The van der Waals surface area contributed by atoms with E-state index >= 15 is 0 Å². The number of benzene rings is 1. The van der Waals surface area contributed by atoms with Gasteiger partial charge in [-0.05, 0) is 53.8 Å². The lowest BCUT2D eigenvalue weighted by atomic mass is 10.2. The number of H-pyrrole nitrogens is 1. The molecule has 0 saturated heterocycles. The van der Waals surface area contributed by atoms with Crippen molar-refractivity contribution < 1.29 is 4.79 Å². The third-order valence-corrected chi connectivity index (χ3v) is 3.85. The second kappa shape index (κ2) is 5.20. The number of aromatic nitrogens is 3.